The third kappa shape index (κ3) is 3.64. The highest BCUT2D eigenvalue weighted by molar-refractivity contribution is 6.28. The summed E-state index contributed by atoms with van der Waals surface area (Å²) in [6.07, 6.45) is 5.03. The molecule has 0 aliphatic heterocycles. The maximum absolute atomic E-state index is 5.98. The summed E-state index contributed by atoms with van der Waals surface area (Å²) in [7, 11) is 0. The number of rotatable bonds is 7. The summed E-state index contributed by atoms with van der Waals surface area (Å²) < 4.78 is 7.05. The Labute approximate surface area is 122 Å². The summed E-state index contributed by atoms with van der Waals surface area (Å²) in [6, 6.07) is 0. The molecule has 0 N–H and O–H groups in total. The van der Waals surface area contributed by atoms with E-state index in [9.17, 15) is 0 Å². The molecule has 0 atom stereocenters. The van der Waals surface area contributed by atoms with Crippen LogP contribution in [0.5, 0.6) is 0 Å². The lowest BCUT2D eigenvalue weighted by Gasteiger charge is -2.20. The van der Waals surface area contributed by atoms with Crippen LogP contribution in [0.15, 0.2) is 18.7 Å². The molecule has 108 valence electrons. The van der Waals surface area contributed by atoms with E-state index in [-0.39, 0.29) is 5.28 Å². The lowest BCUT2D eigenvalue weighted by atomic mass is 10.5. The van der Waals surface area contributed by atoms with Crippen molar-refractivity contribution in [3.8, 4) is 5.95 Å². The highest BCUT2D eigenvalue weighted by atomic mass is 35.5. The molecule has 0 radical (unpaired) electrons. The van der Waals surface area contributed by atoms with Gasteiger partial charge in [0.2, 0.25) is 17.2 Å². The third-order valence-electron chi connectivity index (χ3n) is 2.69. The zero-order chi connectivity index (χ0) is 14.4. The summed E-state index contributed by atoms with van der Waals surface area (Å²) in [6.45, 7) is 6.77. The lowest BCUT2D eigenvalue weighted by molar-refractivity contribution is 0.153. The van der Waals surface area contributed by atoms with E-state index in [0.717, 1.165) is 6.54 Å². The van der Waals surface area contributed by atoms with Gasteiger partial charge < -0.3 is 9.64 Å². The second kappa shape index (κ2) is 7.16. The van der Waals surface area contributed by atoms with E-state index in [1.54, 1.807) is 23.3 Å². The number of ether oxygens (including phenoxy) is 1. The minimum atomic E-state index is 0.161. The topological polar surface area (TPSA) is 69.0 Å². The van der Waals surface area contributed by atoms with Crippen LogP contribution in [0.3, 0.4) is 0 Å². The van der Waals surface area contributed by atoms with Crippen LogP contribution < -0.4 is 4.90 Å². The summed E-state index contributed by atoms with van der Waals surface area (Å²) in [5.74, 6) is 0.989. The van der Waals surface area contributed by atoms with E-state index < -0.39 is 0 Å². The number of nitrogens with zero attached hydrogens (tertiary/aromatic N) is 6. The first-order valence-corrected chi connectivity index (χ1v) is 6.85. The first kappa shape index (κ1) is 14.7. The van der Waals surface area contributed by atoms with Gasteiger partial charge in [0.05, 0.1) is 6.61 Å². The molecule has 2 heterocycles. The van der Waals surface area contributed by atoms with E-state index in [1.165, 1.54) is 0 Å². The third-order valence-corrected chi connectivity index (χ3v) is 2.86. The first-order chi connectivity index (χ1) is 9.74. The second-order valence-corrected chi connectivity index (χ2v) is 4.29. The van der Waals surface area contributed by atoms with Crippen molar-refractivity contribution in [1.82, 2.24) is 24.5 Å². The van der Waals surface area contributed by atoms with E-state index in [4.69, 9.17) is 16.3 Å². The van der Waals surface area contributed by atoms with Crippen molar-refractivity contribution in [3.63, 3.8) is 0 Å². The molecule has 2 rings (SSSR count). The average Bonchev–Trinajstić information content (AvgIpc) is 2.97. The Kier molecular flexibility index (Phi) is 5.25. The van der Waals surface area contributed by atoms with Crippen molar-refractivity contribution in [3.05, 3.63) is 24.0 Å². The summed E-state index contributed by atoms with van der Waals surface area (Å²) in [5.41, 5.74) is 0. The summed E-state index contributed by atoms with van der Waals surface area (Å²) in [5, 5.41) is 0.161. The fourth-order valence-corrected chi connectivity index (χ4v) is 1.83. The molecule has 0 saturated heterocycles. The van der Waals surface area contributed by atoms with E-state index in [1.807, 2.05) is 18.7 Å². The molecule has 2 aromatic rings. The summed E-state index contributed by atoms with van der Waals surface area (Å²) >= 11 is 5.98. The van der Waals surface area contributed by atoms with E-state index >= 15 is 0 Å². The molecular weight excluding hydrogens is 280 g/mol. The van der Waals surface area contributed by atoms with Crippen molar-refractivity contribution in [2.75, 3.05) is 31.2 Å². The Morgan fingerprint density at radius 3 is 2.80 bits per heavy atom. The van der Waals surface area contributed by atoms with Crippen molar-refractivity contribution in [1.29, 1.82) is 0 Å². The molecule has 2 aromatic heterocycles. The van der Waals surface area contributed by atoms with Crippen LogP contribution in [0.2, 0.25) is 5.28 Å². The number of hydrogen-bond donors (Lipinski definition) is 0. The molecule has 0 amide bonds. The van der Waals surface area contributed by atoms with Crippen molar-refractivity contribution < 1.29 is 4.74 Å². The van der Waals surface area contributed by atoms with E-state index in [2.05, 4.69) is 19.9 Å². The van der Waals surface area contributed by atoms with Crippen LogP contribution in [0.25, 0.3) is 5.95 Å². The number of imidazole rings is 1. The predicted molar refractivity (Wildman–Crippen MR) is 76.3 cm³/mol. The van der Waals surface area contributed by atoms with Crippen molar-refractivity contribution in [2.24, 2.45) is 0 Å². The van der Waals surface area contributed by atoms with Gasteiger partial charge in [0.25, 0.3) is 0 Å². The largest absolute Gasteiger partial charge is 0.380 e. The Morgan fingerprint density at radius 2 is 2.15 bits per heavy atom. The highest BCUT2D eigenvalue weighted by Gasteiger charge is 2.12. The molecule has 0 spiro atoms. The van der Waals surface area contributed by atoms with Gasteiger partial charge in [-0.3, -0.25) is 4.57 Å². The molecule has 0 aromatic carbocycles. The zero-order valence-electron chi connectivity index (χ0n) is 11.5. The number of anilines is 1. The van der Waals surface area contributed by atoms with Crippen LogP contribution in [-0.4, -0.2) is 50.8 Å². The van der Waals surface area contributed by atoms with Crippen LogP contribution in [0.1, 0.15) is 13.8 Å². The van der Waals surface area contributed by atoms with Gasteiger partial charge in [-0.2, -0.15) is 15.0 Å². The SMILES string of the molecule is CCOCCN(CC)c1nc(Cl)nc(-n2ccnc2)n1. The lowest BCUT2D eigenvalue weighted by Crippen LogP contribution is -2.29. The Balaban J connectivity index is 2.21. The van der Waals surface area contributed by atoms with Gasteiger partial charge in [0.1, 0.15) is 6.33 Å². The molecule has 20 heavy (non-hydrogen) atoms. The number of halogens is 1. The monoisotopic (exact) mass is 296 g/mol. The van der Waals surface area contributed by atoms with Gasteiger partial charge in [-0.1, -0.05) is 0 Å². The molecule has 0 fully saturated rings. The maximum Gasteiger partial charge on any atom is 0.241 e. The molecule has 0 aliphatic rings. The first-order valence-electron chi connectivity index (χ1n) is 6.47. The normalized spacial score (nSPS) is 10.8. The van der Waals surface area contributed by atoms with Crippen LogP contribution in [0.4, 0.5) is 5.95 Å². The Morgan fingerprint density at radius 1 is 1.30 bits per heavy atom. The molecule has 8 heteroatoms. The Bertz CT molecular complexity index is 533. The standard InChI is InChI=1S/C12H17ClN6O/c1-3-18(7-8-20-4-2)11-15-10(13)16-12(17-11)19-6-5-14-9-19/h5-6,9H,3-4,7-8H2,1-2H3. The van der Waals surface area contributed by atoms with Gasteiger partial charge in [-0.05, 0) is 25.4 Å². The molecular formula is C12H17ClN6O. The maximum atomic E-state index is 5.98. The number of likely N-dealkylation sites (N-methyl/N-ethyl adjacent to an activating group) is 1. The minimum absolute atomic E-state index is 0.161. The molecule has 7 nitrogen and oxygen atoms in total. The Hall–Kier alpha value is -1.73. The smallest absolute Gasteiger partial charge is 0.241 e. The van der Waals surface area contributed by atoms with Crippen LogP contribution in [0, 0.1) is 0 Å². The highest BCUT2D eigenvalue weighted by Crippen LogP contribution is 2.13. The van der Waals surface area contributed by atoms with E-state index in [0.29, 0.717) is 31.7 Å². The molecule has 0 bridgehead atoms. The van der Waals surface area contributed by atoms with Crippen LogP contribution in [-0.2, 0) is 4.74 Å². The van der Waals surface area contributed by atoms with Crippen molar-refractivity contribution >= 4 is 17.5 Å². The van der Waals surface area contributed by atoms with Crippen LogP contribution >= 0.6 is 11.6 Å². The van der Waals surface area contributed by atoms with Gasteiger partial charge in [0, 0.05) is 32.1 Å². The molecule has 0 saturated carbocycles. The summed E-state index contributed by atoms with van der Waals surface area (Å²) in [4.78, 5) is 18.6. The van der Waals surface area contributed by atoms with Gasteiger partial charge in [-0.15, -0.1) is 0 Å². The fourth-order valence-electron chi connectivity index (χ4n) is 1.68. The van der Waals surface area contributed by atoms with Gasteiger partial charge in [0.15, 0.2) is 0 Å². The molecule has 0 aliphatic carbocycles. The van der Waals surface area contributed by atoms with Gasteiger partial charge in [-0.25, -0.2) is 4.98 Å². The quantitative estimate of drug-likeness (QED) is 0.723. The zero-order valence-corrected chi connectivity index (χ0v) is 12.3. The number of aromatic nitrogens is 5. The van der Waals surface area contributed by atoms with Gasteiger partial charge >= 0.3 is 0 Å². The van der Waals surface area contributed by atoms with Crippen molar-refractivity contribution in [2.45, 2.75) is 13.8 Å². The molecule has 0 unspecified atom stereocenters. The number of hydrogen-bond acceptors (Lipinski definition) is 6. The average molecular weight is 297 g/mol. The second-order valence-electron chi connectivity index (χ2n) is 3.95. The predicted octanol–water partition coefficient (Wildman–Crippen LogP) is 1.57. The minimum Gasteiger partial charge on any atom is -0.380 e. The fraction of sp³-hybridized carbons (Fsp3) is 0.500.